The molecule has 116 valence electrons. The molecule has 22 heavy (non-hydrogen) atoms. The van der Waals surface area contributed by atoms with Gasteiger partial charge in [0.25, 0.3) is 5.56 Å². The summed E-state index contributed by atoms with van der Waals surface area (Å²) in [6, 6.07) is 6.65. The van der Waals surface area contributed by atoms with Crippen LogP contribution in [0.2, 0.25) is 0 Å². The number of fused-ring (bicyclic) bond motifs is 1. The SMILES string of the molecule is Cc1ccc(-n2cnc3c(c2=O)SC(S(C)(=O)=O)C3N)cc1. The molecule has 2 aromatic rings. The van der Waals surface area contributed by atoms with Crippen LogP contribution in [0.5, 0.6) is 0 Å². The summed E-state index contributed by atoms with van der Waals surface area (Å²) in [6.45, 7) is 1.96. The van der Waals surface area contributed by atoms with Crippen molar-refractivity contribution in [1.29, 1.82) is 0 Å². The fourth-order valence-corrected chi connectivity index (χ4v) is 5.03. The molecule has 0 radical (unpaired) electrons. The fourth-order valence-electron chi connectivity index (χ4n) is 2.36. The molecule has 6 nitrogen and oxygen atoms in total. The van der Waals surface area contributed by atoms with Crippen LogP contribution >= 0.6 is 11.8 Å². The summed E-state index contributed by atoms with van der Waals surface area (Å²) in [6.07, 6.45) is 2.52. The summed E-state index contributed by atoms with van der Waals surface area (Å²) in [4.78, 5) is 17.1. The van der Waals surface area contributed by atoms with Crippen molar-refractivity contribution < 1.29 is 8.42 Å². The van der Waals surface area contributed by atoms with Crippen molar-refractivity contribution in [1.82, 2.24) is 9.55 Å². The lowest BCUT2D eigenvalue weighted by molar-refractivity contribution is 0.588. The lowest BCUT2D eigenvalue weighted by Crippen LogP contribution is -2.27. The van der Waals surface area contributed by atoms with Gasteiger partial charge in [-0.15, -0.1) is 0 Å². The van der Waals surface area contributed by atoms with Crippen molar-refractivity contribution in [2.75, 3.05) is 6.26 Å². The third-order valence-electron chi connectivity index (χ3n) is 3.54. The number of sulfone groups is 1. The quantitative estimate of drug-likeness (QED) is 0.879. The predicted octanol–water partition coefficient (Wildman–Crippen LogP) is 1.02. The van der Waals surface area contributed by atoms with E-state index in [0.717, 1.165) is 23.6 Å². The first-order valence-corrected chi connectivity index (χ1v) is 9.42. The summed E-state index contributed by atoms with van der Waals surface area (Å²) in [7, 11) is -3.37. The normalized spacial score (nSPS) is 20.9. The average Bonchev–Trinajstić information content (AvgIpc) is 2.79. The van der Waals surface area contributed by atoms with Gasteiger partial charge >= 0.3 is 0 Å². The summed E-state index contributed by atoms with van der Waals surface area (Å²) in [5.74, 6) is 0. The van der Waals surface area contributed by atoms with Crippen LogP contribution in [0, 0.1) is 6.92 Å². The molecular weight excluding hydrogens is 322 g/mol. The maximum Gasteiger partial charge on any atom is 0.271 e. The largest absolute Gasteiger partial charge is 0.321 e. The van der Waals surface area contributed by atoms with Crippen molar-refractivity contribution in [3.05, 3.63) is 52.2 Å². The zero-order valence-electron chi connectivity index (χ0n) is 12.1. The highest BCUT2D eigenvalue weighted by Crippen LogP contribution is 2.42. The van der Waals surface area contributed by atoms with Crippen LogP contribution in [0.1, 0.15) is 17.3 Å². The Labute approximate surface area is 132 Å². The van der Waals surface area contributed by atoms with E-state index in [9.17, 15) is 13.2 Å². The standard InChI is InChI=1S/C14H15N3O3S2/c1-8-3-5-9(6-4-8)17-7-16-11-10(15)14(22(2,19)20)21-12(11)13(17)18/h3-7,10,14H,15H2,1-2H3. The van der Waals surface area contributed by atoms with Crippen molar-refractivity contribution in [2.45, 2.75) is 22.4 Å². The molecule has 3 rings (SSSR count). The van der Waals surface area contributed by atoms with Gasteiger partial charge in [-0.1, -0.05) is 29.5 Å². The number of benzene rings is 1. The number of nitrogens with zero attached hydrogens (tertiary/aromatic N) is 2. The van der Waals surface area contributed by atoms with Gasteiger partial charge in [-0.3, -0.25) is 9.36 Å². The first kappa shape index (κ1) is 15.3. The van der Waals surface area contributed by atoms with Gasteiger partial charge in [-0.05, 0) is 19.1 Å². The molecule has 1 aromatic carbocycles. The van der Waals surface area contributed by atoms with E-state index in [-0.39, 0.29) is 5.56 Å². The highest BCUT2D eigenvalue weighted by Gasteiger charge is 2.40. The Morgan fingerprint density at radius 2 is 1.91 bits per heavy atom. The molecule has 1 aliphatic rings. The molecule has 1 aromatic heterocycles. The second-order valence-electron chi connectivity index (χ2n) is 5.31. The number of thioether (sulfide) groups is 1. The summed E-state index contributed by atoms with van der Waals surface area (Å²) in [5.41, 5.74) is 7.77. The Bertz CT molecular complexity index is 889. The molecule has 2 unspecified atom stereocenters. The predicted molar refractivity (Wildman–Crippen MR) is 86.0 cm³/mol. The van der Waals surface area contributed by atoms with E-state index in [0.29, 0.717) is 16.3 Å². The Balaban J connectivity index is 2.11. The van der Waals surface area contributed by atoms with Gasteiger partial charge in [0.2, 0.25) is 0 Å². The lowest BCUT2D eigenvalue weighted by Gasteiger charge is -2.11. The number of aromatic nitrogens is 2. The van der Waals surface area contributed by atoms with Crippen molar-refractivity contribution in [3.8, 4) is 5.69 Å². The minimum Gasteiger partial charge on any atom is -0.321 e. The van der Waals surface area contributed by atoms with Crippen LogP contribution in [0.25, 0.3) is 5.69 Å². The van der Waals surface area contributed by atoms with Gasteiger partial charge in [0.1, 0.15) is 10.9 Å². The van der Waals surface area contributed by atoms with Crippen LogP contribution in [0.4, 0.5) is 0 Å². The van der Waals surface area contributed by atoms with Gasteiger partial charge in [-0.25, -0.2) is 13.4 Å². The monoisotopic (exact) mass is 337 g/mol. The molecule has 0 amide bonds. The van der Waals surface area contributed by atoms with Crippen molar-refractivity contribution in [2.24, 2.45) is 5.73 Å². The molecular formula is C14H15N3O3S2. The maximum absolute atomic E-state index is 12.6. The smallest absolute Gasteiger partial charge is 0.271 e. The number of hydrogen-bond donors (Lipinski definition) is 1. The van der Waals surface area contributed by atoms with E-state index in [4.69, 9.17) is 5.73 Å². The van der Waals surface area contributed by atoms with E-state index in [1.54, 1.807) is 0 Å². The molecule has 0 saturated carbocycles. The van der Waals surface area contributed by atoms with Gasteiger partial charge in [-0.2, -0.15) is 0 Å². The molecule has 0 bridgehead atoms. The molecule has 2 atom stereocenters. The average molecular weight is 337 g/mol. The van der Waals surface area contributed by atoms with Gasteiger partial charge in [0.05, 0.1) is 22.3 Å². The third-order valence-corrected chi connectivity index (χ3v) is 7.15. The van der Waals surface area contributed by atoms with Crippen LogP contribution in [-0.2, 0) is 9.84 Å². The lowest BCUT2D eigenvalue weighted by atomic mass is 10.2. The third kappa shape index (κ3) is 2.47. The maximum atomic E-state index is 12.6. The van der Waals surface area contributed by atoms with Crippen molar-refractivity contribution in [3.63, 3.8) is 0 Å². The van der Waals surface area contributed by atoms with Crippen LogP contribution in [-0.4, -0.2) is 28.8 Å². The highest BCUT2D eigenvalue weighted by atomic mass is 32.3. The van der Waals surface area contributed by atoms with Gasteiger partial charge < -0.3 is 5.73 Å². The van der Waals surface area contributed by atoms with E-state index < -0.39 is 20.5 Å². The Morgan fingerprint density at radius 3 is 2.50 bits per heavy atom. The topological polar surface area (TPSA) is 95.0 Å². The Hall–Kier alpha value is -1.64. The summed E-state index contributed by atoms with van der Waals surface area (Å²) in [5, 5.41) is 0. The highest BCUT2D eigenvalue weighted by molar-refractivity contribution is 8.13. The molecule has 1 aliphatic heterocycles. The number of rotatable bonds is 2. The summed E-state index contributed by atoms with van der Waals surface area (Å²) >= 11 is 0.981. The Morgan fingerprint density at radius 1 is 1.27 bits per heavy atom. The molecule has 0 spiro atoms. The van der Waals surface area contributed by atoms with Crippen LogP contribution in [0.15, 0.2) is 40.3 Å². The number of nitrogens with two attached hydrogens (primary N) is 1. The molecule has 2 heterocycles. The minimum atomic E-state index is -3.37. The van der Waals surface area contributed by atoms with E-state index >= 15 is 0 Å². The van der Waals surface area contributed by atoms with Gasteiger partial charge in [0, 0.05) is 6.26 Å². The first-order chi connectivity index (χ1) is 10.3. The van der Waals surface area contributed by atoms with Crippen molar-refractivity contribution >= 4 is 21.6 Å². The summed E-state index contributed by atoms with van der Waals surface area (Å²) < 4.78 is 24.1. The van der Waals surface area contributed by atoms with E-state index in [2.05, 4.69) is 4.98 Å². The van der Waals surface area contributed by atoms with Gasteiger partial charge in [0.15, 0.2) is 9.84 Å². The van der Waals surface area contributed by atoms with Crippen LogP contribution in [0.3, 0.4) is 0 Å². The zero-order valence-corrected chi connectivity index (χ0v) is 13.7. The second kappa shape index (κ2) is 5.22. The molecule has 0 fully saturated rings. The molecule has 2 N–H and O–H groups in total. The fraction of sp³-hybridized carbons (Fsp3) is 0.286. The first-order valence-electron chi connectivity index (χ1n) is 6.59. The number of aryl methyl sites for hydroxylation is 1. The van der Waals surface area contributed by atoms with Crippen LogP contribution < -0.4 is 11.3 Å². The zero-order chi connectivity index (χ0) is 16.1. The number of hydrogen-bond acceptors (Lipinski definition) is 6. The molecule has 8 heteroatoms. The Kier molecular flexibility index (Phi) is 3.62. The van der Waals surface area contributed by atoms with E-state index in [1.165, 1.54) is 10.9 Å². The molecule has 0 saturated heterocycles. The van der Waals surface area contributed by atoms with E-state index in [1.807, 2.05) is 31.2 Å². The molecule has 0 aliphatic carbocycles. The minimum absolute atomic E-state index is 0.291. The second-order valence-corrected chi connectivity index (χ2v) is 8.93.